The molecule has 0 fully saturated rings. The number of ether oxygens (including phenoxy) is 2. The largest absolute Gasteiger partial charge is 0.497 e. The van der Waals surface area contributed by atoms with Crippen molar-refractivity contribution in [2.24, 2.45) is 0 Å². The molecule has 8 nitrogen and oxygen atoms in total. The number of nitrogens with zero attached hydrogens (tertiary/aromatic N) is 3. The van der Waals surface area contributed by atoms with Crippen molar-refractivity contribution in [1.29, 1.82) is 0 Å². The highest BCUT2D eigenvalue weighted by Crippen LogP contribution is 2.24. The van der Waals surface area contributed by atoms with E-state index in [0.29, 0.717) is 22.6 Å². The number of benzene rings is 2. The van der Waals surface area contributed by atoms with Crippen molar-refractivity contribution in [3.05, 3.63) is 88.7 Å². The first kappa shape index (κ1) is 23.3. The molecule has 1 aromatic heterocycles. The van der Waals surface area contributed by atoms with E-state index in [0.717, 1.165) is 4.90 Å². The number of thiocarbonyl (C=S) groups is 1. The Balaban J connectivity index is 1.50. The maximum Gasteiger partial charge on any atom is 0.271 e. The van der Waals surface area contributed by atoms with Crippen molar-refractivity contribution >= 4 is 52.4 Å². The number of methoxy groups -OCH3 is 1. The smallest absolute Gasteiger partial charge is 0.271 e. The van der Waals surface area contributed by atoms with Gasteiger partial charge in [0.15, 0.2) is 0 Å². The second kappa shape index (κ2) is 9.98. The molecule has 0 saturated carbocycles. The van der Waals surface area contributed by atoms with Gasteiger partial charge in [0.1, 0.15) is 17.5 Å². The normalized spacial score (nSPS) is 12.4. The standard InChI is InChI=1S/C24H18ClN3O5S/c1-32-17-9-7-16(8-10-17)28(21(29)15-6-11-20(25)26-14-15)24(34)33-13-12-27-22(30)18-4-2-3-5-19(18)23(27)31/h2-11,14H,12-13H2,1H3. The van der Waals surface area contributed by atoms with E-state index in [9.17, 15) is 14.4 Å². The molecule has 0 N–H and O–H groups in total. The Labute approximate surface area is 205 Å². The van der Waals surface area contributed by atoms with Gasteiger partial charge in [0.2, 0.25) is 0 Å². The first-order valence-corrected chi connectivity index (χ1v) is 10.9. The fraction of sp³-hybridized carbons (Fsp3) is 0.125. The molecule has 2 aromatic carbocycles. The van der Waals surface area contributed by atoms with Gasteiger partial charge in [0.25, 0.3) is 22.9 Å². The molecule has 4 rings (SSSR count). The van der Waals surface area contributed by atoms with Crippen LogP contribution in [0, 0.1) is 0 Å². The van der Waals surface area contributed by atoms with Crippen molar-refractivity contribution in [3.8, 4) is 5.75 Å². The maximum atomic E-state index is 13.3. The third kappa shape index (κ3) is 4.61. The molecule has 1 aliphatic rings. The predicted molar refractivity (Wildman–Crippen MR) is 129 cm³/mol. The Kier molecular flexibility index (Phi) is 6.85. The zero-order valence-electron chi connectivity index (χ0n) is 17.9. The summed E-state index contributed by atoms with van der Waals surface area (Å²) in [6, 6.07) is 16.3. The number of rotatable bonds is 6. The minimum Gasteiger partial charge on any atom is -0.497 e. The van der Waals surface area contributed by atoms with Gasteiger partial charge in [-0.1, -0.05) is 23.7 Å². The minimum absolute atomic E-state index is 0.0281. The zero-order chi connectivity index (χ0) is 24.2. The monoisotopic (exact) mass is 495 g/mol. The molecule has 3 amide bonds. The van der Waals surface area contributed by atoms with E-state index in [4.69, 9.17) is 33.3 Å². The number of carbonyl (C=O) groups excluding carboxylic acids is 3. The lowest BCUT2D eigenvalue weighted by atomic mass is 10.1. The SMILES string of the molecule is COc1ccc(N(C(=O)c2ccc(Cl)nc2)C(=S)OCCN2C(=O)c3ccccc3C2=O)cc1. The van der Waals surface area contributed by atoms with Crippen LogP contribution in [0.3, 0.4) is 0 Å². The van der Waals surface area contributed by atoms with E-state index < -0.39 is 17.7 Å². The van der Waals surface area contributed by atoms with Gasteiger partial charge in [0.05, 0.1) is 36.0 Å². The number of aromatic nitrogens is 1. The molecule has 1 aliphatic heterocycles. The third-order valence-corrected chi connectivity index (χ3v) is 5.63. The number of imide groups is 1. The number of fused-ring (bicyclic) bond motifs is 1. The third-order valence-electron chi connectivity index (χ3n) is 5.11. The van der Waals surface area contributed by atoms with Crippen LogP contribution in [0.2, 0.25) is 5.15 Å². The summed E-state index contributed by atoms with van der Waals surface area (Å²) >= 11 is 11.2. The fourth-order valence-corrected chi connectivity index (χ4v) is 3.78. The Hall–Kier alpha value is -3.82. The number of hydrogen-bond acceptors (Lipinski definition) is 7. The maximum absolute atomic E-state index is 13.3. The Morgan fingerprint density at radius 3 is 2.24 bits per heavy atom. The van der Waals surface area contributed by atoms with Crippen LogP contribution < -0.4 is 9.64 Å². The number of halogens is 1. The highest BCUT2D eigenvalue weighted by Gasteiger charge is 2.35. The zero-order valence-corrected chi connectivity index (χ0v) is 19.5. The molecular formula is C24H18ClN3O5S. The number of hydrogen-bond donors (Lipinski definition) is 0. The lowest BCUT2D eigenvalue weighted by Gasteiger charge is -2.24. The second-order valence-electron chi connectivity index (χ2n) is 7.13. The Morgan fingerprint density at radius 2 is 1.68 bits per heavy atom. The fourth-order valence-electron chi connectivity index (χ4n) is 3.40. The summed E-state index contributed by atoms with van der Waals surface area (Å²) in [6.07, 6.45) is 1.34. The van der Waals surface area contributed by atoms with Crippen LogP contribution >= 0.6 is 23.8 Å². The molecule has 0 saturated heterocycles. The molecule has 0 atom stereocenters. The number of amides is 3. The van der Waals surface area contributed by atoms with E-state index in [1.54, 1.807) is 48.5 Å². The van der Waals surface area contributed by atoms with Crippen molar-refractivity contribution in [2.45, 2.75) is 0 Å². The van der Waals surface area contributed by atoms with Gasteiger partial charge in [-0.2, -0.15) is 0 Å². The van der Waals surface area contributed by atoms with Crippen LogP contribution in [-0.4, -0.2) is 53.0 Å². The van der Waals surface area contributed by atoms with Gasteiger partial charge in [-0.15, -0.1) is 0 Å². The van der Waals surface area contributed by atoms with Gasteiger partial charge < -0.3 is 9.47 Å². The van der Waals surface area contributed by atoms with Gasteiger partial charge >= 0.3 is 0 Å². The van der Waals surface area contributed by atoms with E-state index in [1.165, 1.54) is 30.3 Å². The average Bonchev–Trinajstić information content (AvgIpc) is 3.10. The summed E-state index contributed by atoms with van der Waals surface area (Å²) < 4.78 is 10.8. The van der Waals surface area contributed by atoms with Crippen LogP contribution in [0.15, 0.2) is 66.9 Å². The number of anilines is 1. The van der Waals surface area contributed by atoms with E-state index >= 15 is 0 Å². The van der Waals surface area contributed by atoms with Crippen molar-refractivity contribution in [2.75, 3.05) is 25.2 Å². The lowest BCUT2D eigenvalue weighted by Crippen LogP contribution is -2.39. The molecule has 172 valence electrons. The van der Waals surface area contributed by atoms with Gasteiger partial charge in [-0.3, -0.25) is 19.3 Å². The summed E-state index contributed by atoms with van der Waals surface area (Å²) in [4.78, 5) is 44.6. The summed E-state index contributed by atoms with van der Waals surface area (Å²) in [5, 5.41) is 0.0917. The first-order valence-electron chi connectivity index (χ1n) is 10.1. The summed E-state index contributed by atoms with van der Waals surface area (Å²) in [5.41, 5.74) is 1.37. The topological polar surface area (TPSA) is 89.0 Å². The van der Waals surface area contributed by atoms with Crippen LogP contribution in [0.25, 0.3) is 0 Å². The summed E-state index contributed by atoms with van der Waals surface area (Å²) in [5.74, 6) is -0.683. The average molecular weight is 496 g/mol. The first-order chi connectivity index (χ1) is 16.4. The number of carbonyl (C=O) groups is 3. The van der Waals surface area contributed by atoms with Crippen molar-refractivity contribution in [1.82, 2.24) is 9.88 Å². The Morgan fingerprint density at radius 1 is 1.03 bits per heavy atom. The minimum atomic E-state index is -0.486. The summed E-state index contributed by atoms with van der Waals surface area (Å²) in [7, 11) is 1.53. The highest BCUT2D eigenvalue weighted by atomic mass is 35.5. The Bertz CT molecular complexity index is 1230. The second-order valence-corrected chi connectivity index (χ2v) is 7.87. The van der Waals surface area contributed by atoms with E-state index in [-0.39, 0.29) is 29.0 Å². The molecule has 0 spiro atoms. The van der Waals surface area contributed by atoms with Crippen LogP contribution in [0.5, 0.6) is 5.75 Å². The molecule has 2 heterocycles. The van der Waals surface area contributed by atoms with Crippen LogP contribution in [0.4, 0.5) is 5.69 Å². The van der Waals surface area contributed by atoms with Gasteiger partial charge in [-0.25, -0.2) is 9.88 Å². The highest BCUT2D eigenvalue weighted by molar-refractivity contribution is 7.80. The quantitative estimate of drug-likeness (QED) is 0.290. The van der Waals surface area contributed by atoms with Gasteiger partial charge in [0, 0.05) is 6.20 Å². The van der Waals surface area contributed by atoms with E-state index in [1.807, 2.05) is 0 Å². The van der Waals surface area contributed by atoms with Crippen molar-refractivity contribution < 1.29 is 23.9 Å². The molecule has 10 heteroatoms. The predicted octanol–water partition coefficient (Wildman–Crippen LogP) is 3.99. The summed E-state index contributed by atoms with van der Waals surface area (Å²) in [6.45, 7) is -0.122. The van der Waals surface area contributed by atoms with Crippen LogP contribution in [0.1, 0.15) is 31.1 Å². The molecule has 0 bridgehead atoms. The molecular weight excluding hydrogens is 478 g/mol. The molecule has 3 aromatic rings. The van der Waals surface area contributed by atoms with Gasteiger partial charge in [-0.05, 0) is 60.7 Å². The molecule has 0 radical (unpaired) electrons. The molecule has 0 aliphatic carbocycles. The number of pyridine rings is 1. The van der Waals surface area contributed by atoms with E-state index in [2.05, 4.69) is 4.98 Å². The van der Waals surface area contributed by atoms with Crippen LogP contribution in [-0.2, 0) is 4.74 Å². The van der Waals surface area contributed by atoms with Crippen molar-refractivity contribution in [3.63, 3.8) is 0 Å². The lowest BCUT2D eigenvalue weighted by molar-refractivity contribution is 0.0627. The molecule has 34 heavy (non-hydrogen) atoms. The molecule has 0 unspecified atom stereocenters.